The van der Waals surface area contributed by atoms with E-state index in [2.05, 4.69) is 17.1 Å². The maximum absolute atomic E-state index is 12.0. The summed E-state index contributed by atoms with van der Waals surface area (Å²) in [7, 11) is 0. The van der Waals surface area contributed by atoms with E-state index in [1.165, 1.54) is 12.8 Å². The molecule has 3 nitrogen and oxygen atoms in total. The molecule has 3 rings (SSSR count). The van der Waals surface area contributed by atoms with Crippen molar-refractivity contribution in [3.63, 3.8) is 0 Å². The van der Waals surface area contributed by atoms with Crippen LogP contribution in [0.2, 0.25) is 0 Å². The minimum absolute atomic E-state index is 0.0362. The van der Waals surface area contributed by atoms with Crippen LogP contribution in [-0.2, 0) is 4.79 Å². The first-order chi connectivity index (χ1) is 7.14. The molecule has 0 aromatic carbocycles. The third-order valence-corrected chi connectivity index (χ3v) is 4.52. The van der Waals surface area contributed by atoms with E-state index in [1.807, 2.05) is 0 Å². The van der Waals surface area contributed by atoms with Gasteiger partial charge in [0.2, 0.25) is 5.91 Å². The van der Waals surface area contributed by atoms with Gasteiger partial charge in [0.15, 0.2) is 0 Å². The third-order valence-electron chi connectivity index (χ3n) is 4.52. The molecule has 0 unspecified atom stereocenters. The van der Waals surface area contributed by atoms with Gasteiger partial charge in [-0.3, -0.25) is 4.79 Å². The zero-order valence-corrected chi connectivity index (χ0v) is 9.51. The Hall–Kier alpha value is -0.570. The summed E-state index contributed by atoms with van der Waals surface area (Å²) in [5, 5.41) is 3.39. The van der Waals surface area contributed by atoms with E-state index in [9.17, 15) is 4.79 Å². The van der Waals surface area contributed by atoms with E-state index in [1.54, 1.807) is 0 Å². The zero-order chi connectivity index (χ0) is 10.5. The van der Waals surface area contributed by atoms with Gasteiger partial charge in [0.25, 0.3) is 0 Å². The van der Waals surface area contributed by atoms with Crippen LogP contribution < -0.4 is 5.32 Å². The number of amides is 1. The van der Waals surface area contributed by atoms with Crippen LogP contribution in [0.5, 0.6) is 0 Å². The fourth-order valence-electron chi connectivity index (χ4n) is 2.96. The van der Waals surface area contributed by atoms with Crippen molar-refractivity contribution < 1.29 is 4.79 Å². The highest BCUT2D eigenvalue weighted by atomic mass is 16.2. The summed E-state index contributed by atoms with van der Waals surface area (Å²) in [5.41, 5.74) is 0.528. The number of piperidine rings is 1. The molecule has 1 amide bonds. The Labute approximate surface area is 91.2 Å². The van der Waals surface area contributed by atoms with Crippen molar-refractivity contribution in [2.45, 2.75) is 32.6 Å². The molecular weight excluding hydrogens is 188 g/mol. The molecule has 1 saturated carbocycles. The van der Waals surface area contributed by atoms with Crippen LogP contribution >= 0.6 is 0 Å². The van der Waals surface area contributed by atoms with Crippen molar-refractivity contribution in [3.05, 3.63) is 0 Å². The molecule has 2 aliphatic heterocycles. The predicted molar refractivity (Wildman–Crippen MR) is 58.5 cm³/mol. The summed E-state index contributed by atoms with van der Waals surface area (Å²) in [4.78, 5) is 14.1. The van der Waals surface area contributed by atoms with E-state index in [-0.39, 0.29) is 5.41 Å². The lowest BCUT2D eigenvalue weighted by molar-refractivity contribution is -0.150. The maximum Gasteiger partial charge on any atom is 0.228 e. The quantitative estimate of drug-likeness (QED) is 0.697. The average Bonchev–Trinajstić information content (AvgIpc) is 2.94. The Morgan fingerprint density at radius 1 is 1.13 bits per heavy atom. The van der Waals surface area contributed by atoms with Crippen LogP contribution in [0, 0.1) is 10.8 Å². The van der Waals surface area contributed by atoms with Gasteiger partial charge in [-0.2, -0.15) is 0 Å². The highest BCUT2D eigenvalue weighted by molar-refractivity contribution is 5.85. The molecule has 84 valence electrons. The number of carbonyl (C=O) groups excluding carboxylic acids is 1. The Morgan fingerprint density at radius 2 is 1.73 bits per heavy atom. The fourth-order valence-corrected chi connectivity index (χ4v) is 2.96. The van der Waals surface area contributed by atoms with Crippen molar-refractivity contribution in [2.24, 2.45) is 10.8 Å². The van der Waals surface area contributed by atoms with Crippen molar-refractivity contribution >= 4 is 5.91 Å². The van der Waals surface area contributed by atoms with Crippen LogP contribution in [0.4, 0.5) is 0 Å². The number of hydrogen-bond acceptors (Lipinski definition) is 2. The summed E-state index contributed by atoms with van der Waals surface area (Å²) in [5.74, 6) is 0.423. The SMILES string of the molecule is CC1(C(=O)N2CC3(CCNCC3)C2)CC1. The molecule has 2 saturated heterocycles. The van der Waals surface area contributed by atoms with Gasteiger partial charge >= 0.3 is 0 Å². The fraction of sp³-hybridized carbons (Fsp3) is 0.917. The molecule has 15 heavy (non-hydrogen) atoms. The molecule has 1 N–H and O–H groups in total. The Balaban J connectivity index is 1.58. The van der Waals surface area contributed by atoms with Crippen molar-refractivity contribution in [3.8, 4) is 0 Å². The average molecular weight is 208 g/mol. The van der Waals surface area contributed by atoms with Gasteiger partial charge in [-0.15, -0.1) is 0 Å². The van der Waals surface area contributed by atoms with Crippen LogP contribution in [0.25, 0.3) is 0 Å². The summed E-state index contributed by atoms with van der Waals surface area (Å²) in [6.45, 7) is 6.45. The minimum atomic E-state index is 0.0362. The first kappa shape index (κ1) is 9.64. The molecule has 0 aromatic rings. The molecule has 1 aliphatic carbocycles. The maximum atomic E-state index is 12.0. The standard InChI is InChI=1S/C12H20N2O/c1-11(2-3-11)10(15)14-8-12(9-14)4-6-13-7-5-12/h13H,2-9H2,1H3. The summed E-state index contributed by atoms with van der Waals surface area (Å²) < 4.78 is 0. The van der Waals surface area contributed by atoms with Gasteiger partial charge in [0, 0.05) is 23.9 Å². The largest absolute Gasteiger partial charge is 0.341 e. The molecule has 0 bridgehead atoms. The van der Waals surface area contributed by atoms with Crippen molar-refractivity contribution in [1.29, 1.82) is 0 Å². The van der Waals surface area contributed by atoms with Gasteiger partial charge in [-0.25, -0.2) is 0 Å². The van der Waals surface area contributed by atoms with Crippen LogP contribution in [0.3, 0.4) is 0 Å². The smallest absolute Gasteiger partial charge is 0.228 e. The molecule has 0 radical (unpaired) electrons. The molecule has 0 aromatic heterocycles. The van der Waals surface area contributed by atoms with E-state index in [4.69, 9.17) is 0 Å². The lowest BCUT2D eigenvalue weighted by Gasteiger charge is -2.53. The Morgan fingerprint density at radius 3 is 2.27 bits per heavy atom. The molecule has 3 heteroatoms. The number of carbonyl (C=O) groups is 1. The van der Waals surface area contributed by atoms with Gasteiger partial charge in [-0.1, -0.05) is 6.92 Å². The topological polar surface area (TPSA) is 32.3 Å². The van der Waals surface area contributed by atoms with Crippen LogP contribution in [0.1, 0.15) is 32.6 Å². The number of likely N-dealkylation sites (tertiary alicyclic amines) is 1. The summed E-state index contributed by atoms with van der Waals surface area (Å²) >= 11 is 0. The molecule has 2 heterocycles. The molecule has 3 aliphatic rings. The first-order valence-corrected chi connectivity index (χ1v) is 6.14. The molecule has 1 spiro atoms. The van der Waals surface area contributed by atoms with E-state index < -0.39 is 0 Å². The van der Waals surface area contributed by atoms with Gasteiger partial charge in [-0.05, 0) is 38.8 Å². The summed E-state index contributed by atoms with van der Waals surface area (Å²) in [6, 6.07) is 0. The first-order valence-electron chi connectivity index (χ1n) is 6.14. The zero-order valence-electron chi connectivity index (χ0n) is 9.51. The normalized spacial score (nSPS) is 31.1. The van der Waals surface area contributed by atoms with Crippen molar-refractivity contribution in [1.82, 2.24) is 10.2 Å². The number of nitrogens with zero attached hydrogens (tertiary/aromatic N) is 1. The molecule has 3 fully saturated rings. The summed E-state index contributed by atoms with van der Waals surface area (Å²) in [6.07, 6.45) is 4.73. The van der Waals surface area contributed by atoms with E-state index in [0.29, 0.717) is 11.3 Å². The van der Waals surface area contributed by atoms with Gasteiger partial charge in [0.05, 0.1) is 0 Å². The number of hydrogen-bond donors (Lipinski definition) is 1. The third kappa shape index (κ3) is 1.48. The van der Waals surface area contributed by atoms with Crippen LogP contribution in [-0.4, -0.2) is 37.0 Å². The lowest BCUT2D eigenvalue weighted by Crippen LogP contribution is -2.62. The second kappa shape index (κ2) is 2.97. The van der Waals surface area contributed by atoms with Crippen molar-refractivity contribution in [2.75, 3.05) is 26.2 Å². The Kier molecular flexibility index (Phi) is 1.91. The van der Waals surface area contributed by atoms with Crippen LogP contribution in [0.15, 0.2) is 0 Å². The van der Waals surface area contributed by atoms with Gasteiger partial charge in [0.1, 0.15) is 0 Å². The minimum Gasteiger partial charge on any atom is -0.341 e. The molecule has 0 atom stereocenters. The number of nitrogens with one attached hydrogen (secondary N) is 1. The lowest BCUT2D eigenvalue weighted by atomic mass is 9.72. The number of rotatable bonds is 1. The van der Waals surface area contributed by atoms with E-state index in [0.717, 1.165) is 39.0 Å². The monoisotopic (exact) mass is 208 g/mol. The highest BCUT2D eigenvalue weighted by Gasteiger charge is 2.53. The highest BCUT2D eigenvalue weighted by Crippen LogP contribution is 2.49. The van der Waals surface area contributed by atoms with E-state index >= 15 is 0 Å². The predicted octanol–water partition coefficient (Wildman–Crippen LogP) is 0.998. The second-order valence-electron chi connectivity index (χ2n) is 5.97. The molecular formula is C12H20N2O. The van der Waals surface area contributed by atoms with Gasteiger partial charge < -0.3 is 10.2 Å². The second-order valence-corrected chi connectivity index (χ2v) is 5.97. The Bertz CT molecular complexity index is 282.